The first-order valence-electron chi connectivity index (χ1n) is 11.9. The van der Waals surface area contributed by atoms with Crippen molar-refractivity contribution in [3.8, 4) is 0 Å². The molecule has 7 heteroatoms. The lowest BCUT2D eigenvalue weighted by atomic mass is 9.96. The Morgan fingerprint density at radius 3 is 2.13 bits per heavy atom. The van der Waals surface area contributed by atoms with Crippen molar-refractivity contribution in [3.63, 3.8) is 0 Å². The molecule has 0 saturated carbocycles. The number of nitrogens with zero attached hydrogens (tertiary/aromatic N) is 3. The molecule has 2 aliphatic heterocycles. The van der Waals surface area contributed by atoms with Crippen LogP contribution in [0, 0.1) is 12.8 Å². The van der Waals surface area contributed by atoms with E-state index in [4.69, 9.17) is 0 Å². The lowest BCUT2D eigenvalue weighted by Gasteiger charge is -2.36. The highest BCUT2D eigenvalue weighted by Gasteiger charge is 2.34. The van der Waals surface area contributed by atoms with Gasteiger partial charge >= 0.3 is 0 Å². The Hall–Kier alpha value is -1.44. The summed E-state index contributed by atoms with van der Waals surface area (Å²) >= 11 is 0. The van der Waals surface area contributed by atoms with Crippen molar-refractivity contribution in [1.82, 2.24) is 14.1 Å². The van der Waals surface area contributed by atoms with Crippen LogP contribution in [-0.4, -0.2) is 73.7 Å². The number of sulfonamides is 1. The van der Waals surface area contributed by atoms with Crippen LogP contribution in [0.25, 0.3) is 0 Å². The zero-order valence-corrected chi connectivity index (χ0v) is 20.2. The molecule has 31 heavy (non-hydrogen) atoms. The first kappa shape index (κ1) is 24.2. The number of benzene rings is 1. The summed E-state index contributed by atoms with van der Waals surface area (Å²) in [6.45, 7) is 10.9. The molecule has 3 rings (SSSR count). The number of amides is 1. The van der Waals surface area contributed by atoms with Gasteiger partial charge in [0.15, 0.2) is 0 Å². The average Bonchev–Trinajstić information content (AvgIpc) is 3.03. The Bertz CT molecular complexity index is 807. The van der Waals surface area contributed by atoms with Gasteiger partial charge in [0.05, 0.1) is 4.90 Å². The topological polar surface area (TPSA) is 60.9 Å². The van der Waals surface area contributed by atoms with E-state index < -0.39 is 10.0 Å². The van der Waals surface area contributed by atoms with Gasteiger partial charge in [-0.25, -0.2) is 8.42 Å². The quantitative estimate of drug-likeness (QED) is 0.639. The molecule has 0 unspecified atom stereocenters. The molecule has 0 radical (unpaired) electrons. The largest absolute Gasteiger partial charge is 0.339 e. The van der Waals surface area contributed by atoms with Gasteiger partial charge in [0.1, 0.15) is 0 Å². The zero-order valence-electron chi connectivity index (χ0n) is 19.4. The summed E-state index contributed by atoms with van der Waals surface area (Å²) in [5.41, 5.74) is 1.04. The molecular formula is C24H39N3O3S. The van der Waals surface area contributed by atoms with Crippen molar-refractivity contribution in [2.75, 3.05) is 39.3 Å². The number of likely N-dealkylation sites (tertiary alicyclic amines) is 1. The number of rotatable bonds is 7. The maximum absolute atomic E-state index is 13.3. The van der Waals surface area contributed by atoms with Crippen LogP contribution in [0.4, 0.5) is 0 Å². The first-order valence-corrected chi connectivity index (χ1v) is 13.3. The molecular weight excluding hydrogens is 410 g/mol. The van der Waals surface area contributed by atoms with E-state index in [9.17, 15) is 13.2 Å². The fourth-order valence-electron chi connectivity index (χ4n) is 4.67. The van der Waals surface area contributed by atoms with Gasteiger partial charge in [-0.1, -0.05) is 30.5 Å². The highest BCUT2D eigenvalue weighted by molar-refractivity contribution is 7.89. The molecule has 2 aliphatic rings. The van der Waals surface area contributed by atoms with E-state index in [-0.39, 0.29) is 17.9 Å². The second-order valence-electron chi connectivity index (χ2n) is 9.37. The van der Waals surface area contributed by atoms with Crippen molar-refractivity contribution in [2.45, 2.75) is 70.2 Å². The maximum Gasteiger partial charge on any atom is 0.243 e. The lowest BCUT2D eigenvalue weighted by Crippen LogP contribution is -2.48. The van der Waals surface area contributed by atoms with Gasteiger partial charge in [0, 0.05) is 38.1 Å². The number of aryl methyl sites for hydroxylation is 1. The van der Waals surface area contributed by atoms with E-state index >= 15 is 0 Å². The molecule has 2 heterocycles. The third kappa shape index (κ3) is 6.30. The molecule has 6 nitrogen and oxygen atoms in total. The standard InChI is InChI=1S/C24H39N3O3S/c1-20(2)27(19-18-25-14-6-4-5-7-15-25)24(28)22-12-16-26(17-13-22)31(29,30)23-10-8-21(3)9-11-23/h8-11,20,22H,4-7,12-19H2,1-3H3. The summed E-state index contributed by atoms with van der Waals surface area (Å²) < 4.78 is 27.4. The Labute approximate surface area is 188 Å². The van der Waals surface area contributed by atoms with Gasteiger partial charge in [-0.15, -0.1) is 0 Å². The van der Waals surface area contributed by atoms with E-state index in [1.54, 1.807) is 16.4 Å². The third-order valence-electron chi connectivity index (χ3n) is 6.72. The van der Waals surface area contributed by atoms with Crippen LogP contribution in [-0.2, 0) is 14.8 Å². The number of carbonyl (C=O) groups excluding carboxylic acids is 1. The van der Waals surface area contributed by atoms with Crippen LogP contribution in [0.1, 0.15) is 57.9 Å². The van der Waals surface area contributed by atoms with Crippen molar-refractivity contribution in [2.24, 2.45) is 5.92 Å². The van der Waals surface area contributed by atoms with E-state index in [2.05, 4.69) is 18.7 Å². The van der Waals surface area contributed by atoms with Gasteiger partial charge in [-0.05, 0) is 71.7 Å². The Morgan fingerprint density at radius 1 is 1.00 bits per heavy atom. The number of piperidine rings is 1. The molecule has 1 amide bonds. The van der Waals surface area contributed by atoms with Crippen LogP contribution in [0.3, 0.4) is 0 Å². The molecule has 0 aliphatic carbocycles. The number of carbonyl (C=O) groups is 1. The fourth-order valence-corrected chi connectivity index (χ4v) is 6.14. The van der Waals surface area contributed by atoms with Crippen LogP contribution in [0.5, 0.6) is 0 Å². The molecule has 0 atom stereocenters. The van der Waals surface area contributed by atoms with Crippen molar-refractivity contribution in [1.29, 1.82) is 0 Å². The van der Waals surface area contributed by atoms with E-state index in [0.29, 0.717) is 30.8 Å². The molecule has 0 spiro atoms. The molecule has 0 aromatic heterocycles. The molecule has 1 aromatic carbocycles. The highest BCUT2D eigenvalue weighted by Crippen LogP contribution is 2.26. The minimum atomic E-state index is -3.49. The summed E-state index contributed by atoms with van der Waals surface area (Å²) in [5, 5.41) is 0. The van der Waals surface area contributed by atoms with Gasteiger partial charge < -0.3 is 9.80 Å². The predicted molar refractivity (Wildman–Crippen MR) is 124 cm³/mol. The second-order valence-corrected chi connectivity index (χ2v) is 11.3. The summed E-state index contributed by atoms with van der Waals surface area (Å²) in [6, 6.07) is 7.16. The second kappa shape index (κ2) is 10.9. The Balaban J connectivity index is 1.56. The van der Waals surface area contributed by atoms with E-state index in [1.165, 1.54) is 25.7 Å². The molecule has 2 fully saturated rings. The molecule has 0 N–H and O–H groups in total. The monoisotopic (exact) mass is 449 g/mol. The molecule has 174 valence electrons. The van der Waals surface area contributed by atoms with Gasteiger partial charge in [-0.2, -0.15) is 4.31 Å². The lowest BCUT2D eigenvalue weighted by molar-refractivity contribution is -0.138. The fraction of sp³-hybridized carbons (Fsp3) is 0.708. The van der Waals surface area contributed by atoms with Gasteiger partial charge in [0.25, 0.3) is 0 Å². The smallest absolute Gasteiger partial charge is 0.243 e. The van der Waals surface area contributed by atoms with Crippen molar-refractivity contribution >= 4 is 15.9 Å². The van der Waals surface area contributed by atoms with E-state index in [0.717, 1.165) is 31.7 Å². The summed E-state index contributed by atoms with van der Waals surface area (Å²) in [7, 11) is -3.49. The van der Waals surface area contributed by atoms with Gasteiger partial charge in [-0.3, -0.25) is 4.79 Å². The van der Waals surface area contributed by atoms with Crippen LogP contribution < -0.4 is 0 Å². The van der Waals surface area contributed by atoms with Crippen LogP contribution in [0.2, 0.25) is 0 Å². The number of hydrogen-bond acceptors (Lipinski definition) is 4. The number of hydrogen-bond donors (Lipinski definition) is 0. The summed E-state index contributed by atoms with van der Waals surface area (Å²) in [6.07, 6.45) is 6.32. The predicted octanol–water partition coefficient (Wildman–Crippen LogP) is 3.51. The maximum atomic E-state index is 13.3. The summed E-state index contributed by atoms with van der Waals surface area (Å²) in [4.78, 5) is 18.1. The molecule has 2 saturated heterocycles. The summed E-state index contributed by atoms with van der Waals surface area (Å²) in [5.74, 6) is 0.105. The van der Waals surface area contributed by atoms with Crippen molar-refractivity contribution < 1.29 is 13.2 Å². The first-order chi connectivity index (χ1) is 14.8. The normalized spacial score (nSPS) is 20.0. The molecule has 1 aromatic rings. The van der Waals surface area contributed by atoms with E-state index in [1.807, 2.05) is 24.0 Å². The van der Waals surface area contributed by atoms with Crippen LogP contribution >= 0.6 is 0 Å². The molecule has 0 bridgehead atoms. The average molecular weight is 450 g/mol. The Kier molecular flexibility index (Phi) is 8.53. The SMILES string of the molecule is Cc1ccc(S(=O)(=O)N2CCC(C(=O)N(CCN3CCCCCC3)C(C)C)CC2)cc1. The van der Waals surface area contributed by atoms with Gasteiger partial charge in [0.2, 0.25) is 15.9 Å². The minimum Gasteiger partial charge on any atom is -0.339 e. The highest BCUT2D eigenvalue weighted by atomic mass is 32.2. The Morgan fingerprint density at radius 2 is 1.58 bits per heavy atom. The third-order valence-corrected chi connectivity index (χ3v) is 8.64. The van der Waals surface area contributed by atoms with Crippen molar-refractivity contribution in [3.05, 3.63) is 29.8 Å². The van der Waals surface area contributed by atoms with Crippen LogP contribution in [0.15, 0.2) is 29.2 Å². The zero-order chi connectivity index (χ0) is 22.4. The minimum absolute atomic E-state index is 0.0870.